The summed E-state index contributed by atoms with van der Waals surface area (Å²) in [6.07, 6.45) is 3.84. The third kappa shape index (κ3) is 6.32. The molecule has 2 aromatic heterocycles. The second-order valence-corrected chi connectivity index (χ2v) is 14.2. The van der Waals surface area contributed by atoms with Crippen LogP contribution in [0.2, 0.25) is 0 Å². The molecule has 0 saturated carbocycles. The van der Waals surface area contributed by atoms with Crippen molar-refractivity contribution in [3.8, 4) is 17.1 Å². The lowest BCUT2D eigenvalue weighted by molar-refractivity contribution is -0.153. The number of imidazole rings is 1. The van der Waals surface area contributed by atoms with Crippen molar-refractivity contribution in [2.75, 3.05) is 12.9 Å². The van der Waals surface area contributed by atoms with Crippen LogP contribution in [0.25, 0.3) is 11.4 Å². The Morgan fingerprint density at radius 1 is 1.18 bits per heavy atom. The number of benzene rings is 2. The van der Waals surface area contributed by atoms with E-state index in [1.54, 1.807) is 25.4 Å². The number of thioether (sulfide) groups is 2. The van der Waals surface area contributed by atoms with Gasteiger partial charge in [-0.3, -0.25) is 14.5 Å². The van der Waals surface area contributed by atoms with Gasteiger partial charge in [-0.15, -0.1) is 23.1 Å². The molecule has 0 bridgehead atoms. The normalized spacial score (nSPS) is 17.6. The summed E-state index contributed by atoms with van der Waals surface area (Å²) in [5.41, 5.74) is 1.94. The molecular weight excluding hydrogens is 684 g/mol. The fourth-order valence-electron chi connectivity index (χ4n) is 4.90. The van der Waals surface area contributed by atoms with Crippen LogP contribution in [0.1, 0.15) is 10.4 Å². The van der Waals surface area contributed by atoms with Gasteiger partial charge in [-0.2, -0.15) is 0 Å². The maximum atomic E-state index is 13.7. The Morgan fingerprint density at radius 2 is 2.00 bits per heavy atom. The number of aryl methyl sites for hydroxylation is 1. The first kappa shape index (κ1) is 30.5. The van der Waals surface area contributed by atoms with Crippen molar-refractivity contribution in [2.45, 2.75) is 29.3 Å². The van der Waals surface area contributed by atoms with Crippen LogP contribution in [-0.4, -0.2) is 56.5 Å². The predicted octanol–water partition coefficient (Wildman–Crippen LogP) is 5.61. The Bertz CT molecular complexity index is 1740. The molecule has 1 saturated heterocycles. The van der Waals surface area contributed by atoms with E-state index in [2.05, 4.69) is 26.2 Å². The Hall–Kier alpha value is -3.52. The highest BCUT2D eigenvalue weighted by atomic mass is 79.9. The summed E-state index contributed by atoms with van der Waals surface area (Å²) < 4.78 is 13.8. The summed E-state index contributed by atoms with van der Waals surface area (Å²) in [6, 6.07) is 16.2. The standard InChI is InChI=1S/C31H27BrN4O5S3/c1-35-12-11-33-28(35)22-10-9-21(14-23(22)32)44-24-17-43-30-26(34-25(37)15-20-4-3-13-42-20)29(38)36(30)27(24)31(39)41-16-18-5-7-19(40-2)8-6-18/h3-14,26,30H,15-17H2,1-2H3,(H,34,37)/t26-,30-/m1/s1. The molecule has 2 aliphatic heterocycles. The number of aromatic nitrogens is 2. The fraction of sp³-hybridized carbons (Fsp3) is 0.226. The molecular formula is C31H27BrN4O5S3. The highest BCUT2D eigenvalue weighted by Crippen LogP contribution is 2.46. The van der Waals surface area contributed by atoms with E-state index >= 15 is 0 Å². The summed E-state index contributed by atoms with van der Waals surface area (Å²) >= 11 is 8.10. The number of amides is 2. The number of halogens is 1. The molecule has 0 unspecified atom stereocenters. The van der Waals surface area contributed by atoms with Crippen LogP contribution < -0.4 is 10.1 Å². The highest BCUT2D eigenvalue weighted by molar-refractivity contribution is 9.10. The van der Waals surface area contributed by atoms with Gasteiger partial charge >= 0.3 is 5.97 Å². The van der Waals surface area contributed by atoms with Crippen LogP contribution >= 0.6 is 50.8 Å². The highest BCUT2D eigenvalue weighted by Gasteiger charge is 2.54. The molecule has 2 atom stereocenters. The Kier molecular flexibility index (Phi) is 9.17. The number of nitrogens with zero attached hydrogens (tertiary/aromatic N) is 3. The molecule has 13 heteroatoms. The zero-order valence-electron chi connectivity index (χ0n) is 23.7. The zero-order valence-corrected chi connectivity index (χ0v) is 27.7. The molecule has 2 amide bonds. The summed E-state index contributed by atoms with van der Waals surface area (Å²) in [7, 11) is 3.52. The van der Waals surface area contributed by atoms with Crippen LogP contribution in [0, 0.1) is 0 Å². The van der Waals surface area contributed by atoms with E-state index in [9.17, 15) is 14.4 Å². The molecule has 0 radical (unpaired) electrons. The van der Waals surface area contributed by atoms with E-state index in [0.29, 0.717) is 16.4 Å². The van der Waals surface area contributed by atoms with Crippen molar-refractivity contribution in [1.82, 2.24) is 19.8 Å². The monoisotopic (exact) mass is 710 g/mol. The number of esters is 1. The Labute approximate surface area is 275 Å². The molecule has 0 aliphatic carbocycles. The van der Waals surface area contributed by atoms with Gasteiger partial charge in [-0.05, 0) is 63.3 Å². The van der Waals surface area contributed by atoms with Gasteiger partial charge in [0.1, 0.15) is 35.3 Å². The minimum atomic E-state index is -0.713. The molecule has 6 rings (SSSR count). The topological polar surface area (TPSA) is 103 Å². The van der Waals surface area contributed by atoms with Gasteiger partial charge < -0.3 is 19.4 Å². The van der Waals surface area contributed by atoms with Gasteiger partial charge in [0, 0.05) is 49.9 Å². The summed E-state index contributed by atoms with van der Waals surface area (Å²) in [5, 5.41) is 4.38. The predicted molar refractivity (Wildman–Crippen MR) is 175 cm³/mol. The van der Waals surface area contributed by atoms with Crippen LogP contribution in [0.4, 0.5) is 0 Å². The maximum absolute atomic E-state index is 13.7. The lowest BCUT2D eigenvalue weighted by atomic mass is 10.0. The summed E-state index contributed by atoms with van der Waals surface area (Å²) in [5.74, 6) is 0.854. The molecule has 4 heterocycles. The molecule has 2 aliphatic rings. The van der Waals surface area contributed by atoms with E-state index < -0.39 is 17.4 Å². The Morgan fingerprint density at radius 3 is 2.68 bits per heavy atom. The smallest absolute Gasteiger partial charge is 0.356 e. The minimum absolute atomic E-state index is 0.0367. The third-order valence-corrected chi connectivity index (χ3v) is 11.2. The fourth-order valence-corrected chi connectivity index (χ4v) is 8.82. The van der Waals surface area contributed by atoms with Crippen molar-refractivity contribution < 1.29 is 23.9 Å². The Balaban J connectivity index is 1.24. The lowest BCUT2D eigenvalue weighted by Crippen LogP contribution is -2.70. The van der Waals surface area contributed by atoms with E-state index in [4.69, 9.17) is 9.47 Å². The molecule has 9 nitrogen and oxygen atoms in total. The summed E-state index contributed by atoms with van der Waals surface area (Å²) in [4.78, 5) is 48.3. The van der Waals surface area contributed by atoms with Gasteiger partial charge in [0.15, 0.2) is 0 Å². The van der Waals surface area contributed by atoms with Gasteiger partial charge in [0.05, 0.1) is 13.5 Å². The third-order valence-electron chi connectivity index (χ3n) is 7.13. The average molecular weight is 712 g/mol. The first-order valence-electron chi connectivity index (χ1n) is 13.6. The first-order chi connectivity index (χ1) is 21.3. The van der Waals surface area contributed by atoms with E-state index in [1.807, 2.05) is 65.7 Å². The van der Waals surface area contributed by atoms with Crippen molar-refractivity contribution >= 4 is 68.6 Å². The van der Waals surface area contributed by atoms with E-state index in [1.165, 1.54) is 39.8 Å². The van der Waals surface area contributed by atoms with Crippen LogP contribution in [0.5, 0.6) is 5.75 Å². The SMILES string of the molecule is COc1ccc(COC(=O)C2=C(Sc3ccc(-c4nccn4C)c(Br)c3)CS[C@@H]3[C@H](NC(=O)Cc4cccs4)C(=O)N23)cc1. The van der Waals surface area contributed by atoms with Gasteiger partial charge in [0.2, 0.25) is 5.91 Å². The largest absolute Gasteiger partial charge is 0.497 e. The number of thiophene rings is 1. The second kappa shape index (κ2) is 13.2. The number of nitrogens with one attached hydrogen (secondary N) is 1. The number of carbonyl (C=O) groups is 3. The van der Waals surface area contributed by atoms with Crippen molar-refractivity contribution in [2.24, 2.45) is 7.05 Å². The van der Waals surface area contributed by atoms with Gasteiger partial charge in [-0.1, -0.05) is 30.0 Å². The second-order valence-electron chi connectivity index (χ2n) is 10.0. The molecule has 0 spiro atoms. The van der Waals surface area contributed by atoms with Gasteiger partial charge in [-0.25, -0.2) is 9.78 Å². The molecule has 44 heavy (non-hydrogen) atoms. The number of carbonyl (C=O) groups excluding carboxylic acids is 3. The molecule has 2 aromatic carbocycles. The quantitative estimate of drug-likeness (QED) is 0.168. The number of β-lactam (4-membered cyclic amide) rings is 1. The van der Waals surface area contributed by atoms with Crippen LogP contribution in [-0.2, 0) is 39.2 Å². The van der Waals surface area contributed by atoms with Crippen LogP contribution in [0.15, 0.2) is 92.3 Å². The molecule has 4 aromatic rings. The van der Waals surface area contributed by atoms with Crippen molar-refractivity contribution in [1.29, 1.82) is 0 Å². The number of hydrogen-bond donors (Lipinski definition) is 1. The molecule has 226 valence electrons. The number of hydrogen-bond acceptors (Lipinski definition) is 9. The van der Waals surface area contributed by atoms with E-state index in [-0.39, 0.29) is 30.5 Å². The first-order valence-corrected chi connectivity index (χ1v) is 17.1. The van der Waals surface area contributed by atoms with Gasteiger partial charge in [0.25, 0.3) is 5.91 Å². The minimum Gasteiger partial charge on any atom is -0.497 e. The zero-order chi connectivity index (χ0) is 30.8. The molecule has 1 fully saturated rings. The van der Waals surface area contributed by atoms with Crippen molar-refractivity contribution in [3.63, 3.8) is 0 Å². The number of ether oxygens (including phenoxy) is 2. The number of rotatable bonds is 10. The maximum Gasteiger partial charge on any atom is 0.356 e. The van der Waals surface area contributed by atoms with Crippen LogP contribution in [0.3, 0.4) is 0 Å². The molecule has 1 N–H and O–H groups in total. The van der Waals surface area contributed by atoms with Crippen molar-refractivity contribution in [3.05, 3.63) is 97.9 Å². The lowest BCUT2D eigenvalue weighted by Gasteiger charge is -2.49. The number of methoxy groups -OCH3 is 1. The average Bonchev–Trinajstić information content (AvgIpc) is 3.70. The number of fused-ring (bicyclic) bond motifs is 1. The van der Waals surface area contributed by atoms with E-state index in [0.717, 1.165) is 31.2 Å². The summed E-state index contributed by atoms with van der Waals surface area (Å²) in [6.45, 7) is 0.0367.